The van der Waals surface area contributed by atoms with Gasteiger partial charge < -0.3 is 4.90 Å². The van der Waals surface area contributed by atoms with Crippen LogP contribution in [0.1, 0.15) is 41.9 Å². The van der Waals surface area contributed by atoms with E-state index in [0.29, 0.717) is 5.91 Å². The molecule has 3 heterocycles. The molecule has 1 spiro atoms. The minimum atomic E-state index is -0.285. The lowest BCUT2D eigenvalue weighted by molar-refractivity contribution is -0.147. The number of aromatic nitrogens is 1. The van der Waals surface area contributed by atoms with Crippen LogP contribution in [0.2, 0.25) is 0 Å². The van der Waals surface area contributed by atoms with Gasteiger partial charge in [-0.25, -0.2) is 4.98 Å². The quantitative estimate of drug-likeness (QED) is 0.807. The van der Waals surface area contributed by atoms with Gasteiger partial charge in [0.15, 0.2) is 0 Å². The second kappa shape index (κ2) is 7.49. The maximum atomic E-state index is 13.4. The molecule has 4 nitrogen and oxygen atoms in total. The van der Waals surface area contributed by atoms with Crippen LogP contribution >= 0.6 is 11.3 Å². The summed E-state index contributed by atoms with van der Waals surface area (Å²) in [5.74, 6) is 0.351. The molecule has 0 bridgehead atoms. The Morgan fingerprint density at radius 2 is 1.92 bits per heavy atom. The van der Waals surface area contributed by atoms with E-state index < -0.39 is 0 Å². The largest absolute Gasteiger partial charge is 0.341 e. The Kier molecular flexibility index (Phi) is 5.09. The van der Waals surface area contributed by atoms with Crippen molar-refractivity contribution in [2.75, 3.05) is 19.6 Å². The number of thiazole rings is 1. The number of amides is 1. The number of carbonyl (C=O) groups is 1. The maximum absolute atomic E-state index is 13.4. The highest BCUT2D eigenvalue weighted by Gasteiger charge is 2.50. The second-order valence-corrected chi connectivity index (χ2v) is 8.61. The Balaban J connectivity index is 1.46. The number of hydrogen-bond donors (Lipinski definition) is 0. The summed E-state index contributed by atoms with van der Waals surface area (Å²) in [5, 5.41) is 3.25. The van der Waals surface area contributed by atoms with E-state index in [2.05, 4.69) is 44.4 Å². The Morgan fingerprint density at radius 1 is 1.15 bits per heavy atom. The number of carbonyl (C=O) groups excluding carboxylic acids is 1. The van der Waals surface area contributed by atoms with Crippen LogP contribution in [0.4, 0.5) is 0 Å². The van der Waals surface area contributed by atoms with Gasteiger partial charge in [-0.1, -0.05) is 30.3 Å². The SMILES string of the molecule is Cc1nc(CN2CCCC23CCCN(CCc2ccccc2)C3=O)cs1. The van der Waals surface area contributed by atoms with E-state index in [1.54, 1.807) is 11.3 Å². The molecule has 4 rings (SSSR count). The van der Waals surface area contributed by atoms with Gasteiger partial charge in [-0.15, -0.1) is 11.3 Å². The van der Waals surface area contributed by atoms with Gasteiger partial charge in [0.1, 0.15) is 5.54 Å². The molecule has 1 aromatic carbocycles. The van der Waals surface area contributed by atoms with Crippen molar-refractivity contribution in [2.45, 2.75) is 51.1 Å². The summed E-state index contributed by atoms with van der Waals surface area (Å²) in [6, 6.07) is 10.5. The van der Waals surface area contributed by atoms with Gasteiger partial charge in [0.2, 0.25) is 5.91 Å². The van der Waals surface area contributed by atoms with Gasteiger partial charge in [-0.2, -0.15) is 0 Å². The third kappa shape index (κ3) is 3.42. The normalized spacial score (nSPS) is 23.9. The Hall–Kier alpha value is -1.72. The van der Waals surface area contributed by atoms with Crippen LogP contribution in [0.3, 0.4) is 0 Å². The van der Waals surface area contributed by atoms with Gasteiger partial charge in [-0.05, 0) is 51.1 Å². The van der Waals surface area contributed by atoms with Crippen LogP contribution in [0, 0.1) is 6.92 Å². The zero-order valence-electron chi connectivity index (χ0n) is 15.5. The molecule has 1 aromatic heterocycles. The monoisotopic (exact) mass is 369 g/mol. The fourth-order valence-corrected chi connectivity index (χ4v) is 5.16. The molecule has 1 unspecified atom stereocenters. The van der Waals surface area contributed by atoms with E-state index in [0.717, 1.165) is 69.0 Å². The van der Waals surface area contributed by atoms with Crippen LogP contribution in [0.15, 0.2) is 35.7 Å². The first-order valence-electron chi connectivity index (χ1n) is 9.67. The predicted molar refractivity (Wildman–Crippen MR) is 105 cm³/mol. The van der Waals surface area contributed by atoms with Crippen LogP contribution in [-0.2, 0) is 17.8 Å². The first-order chi connectivity index (χ1) is 12.7. The molecule has 1 atom stereocenters. The van der Waals surface area contributed by atoms with Crippen molar-refractivity contribution in [3.8, 4) is 0 Å². The number of piperidine rings is 1. The molecule has 2 saturated heterocycles. The molecule has 5 heteroatoms. The summed E-state index contributed by atoms with van der Waals surface area (Å²) >= 11 is 1.70. The van der Waals surface area contributed by atoms with Crippen molar-refractivity contribution in [3.05, 3.63) is 52.0 Å². The third-order valence-corrected chi connectivity index (χ3v) is 6.68. The topological polar surface area (TPSA) is 36.4 Å². The lowest BCUT2D eigenvalue weighted by Gasteiger charge is -2.44. The summed E-state index contributed by atoms with van der Waals surface area (Å²) in [6.07, 6.45) is 5.15. The zero-order chi connectivity index (χ0) is 18.0. The molecule has 0 N–H and O–H groups in total. The smallest absolute Gasteiger partial charge is 0.243 e. The van der Waals surface area contributed by atoms with E-state index in [1.165, 1.54) is 5.56 Å². The van der Waals surface area contributed by atoms with Gasteiger partial charge >= 0.3 is 0 Å². The fraction of sp³-hybridized carbons (Fsp3) is 0.524. The van der Waals surface area contributed by atoms with E-state index >= 15 is 0 Å². The van der Waals surface area contributed by atoms with E-state index in [9.17, 15) is 4.79 Å². The summed E-state index contributed by atoms with van der Waals surface area (Å²) in [6.45, 7) is 5.59. The molecular weight excluding hydrogens is 342 g/mol. The molecule has 2 fully saturated rings. The van der Waals surface area contributed by atoms with Gasteiger partial charge in [0, 0.05) is 25.0 Å². The predicted octanol–water partition coefficient (Wildman–Crippen LogP) is 3.65. The highest BCUT2D eigenvalue weighted by atomic mass is 32.1. The Bertz CT molecular complexity index is 760. The minimum Gasteiger partial charge on any atom is -0.341 e. The second-order valence-electron chi connectivity index (χ2n) is 7.55. The summed E-state index contributed by atoms with van der Waals surface area (Å²) in [5.41, 5.74) is 2.14. The molecule has 0 radical (unpaired) electrons. The van der Waals surface area contributed by atoms with Crippen LogP contribution in [-0.4, -0.2) is 45.9 Å². The van der Waals surface area contributed by atoms with Crippen molar-refractivity contribution in [3.63, 3.8) is 0 Å². The average molecular weight is 370 g/mol. The molecule has 0 saturated carbocycles. The minimum absolute atomic E-state index is 0.285. The van der Waals surface area contributed by atoms with Crippen molar-refractivity contribution in [2.24, 2.45) is 0 Å². The molecule has 2 aromatic rings. The molecule has 138 valence electrons. The van der Waals surface area contributed by atoms with Gasteiger partial charge in [0.25, 0.3) is 0 Å². The standard InChI is InChI=1S/C21H27N3OS/c1-17-22-19(16-26-17)15-24-13-6-11-21(24)10-5-12-23(20(21)25)14-9-18-7-3-2-4-8-18/h2-4,7-8,16H,5-6,9-15H2,1H3. The summed E-state index contributed by atoms with van der Waals surface area (Å²) in [4.78, 5) is 22.6. The maximum Gasteiger partial charge on any atom is 0.243 e. The fourth-order valence-electron chi connectivity index (χ4n) is 4.55. The summed E-state index contributed by atoms with van der Waals surface area (Å²) < 4.78 is 0. The Morgan fingerprint density at radius 3 is 2.65 bits per heavy atom. The van der Waals surface area contributed by atoms with Crippen molar-refractivity contribution < 1.29 is 4.79 Å². The Labute approximate surface area is 159 Å². The first-order valence-corrected chi connectivity index (χ1v) is 10.5. The average Bonchev–Trinajstić information content (AvgIpc) is 3.25. The lowest BCUT2D eigenvalue weighted by atomic mass is 9.85. The number of likely N-dealkylation sites (tertiary alicyclic amines) is 2. The number of hydrogen-bond acceptors (Lipinski definition) is 4. The number of rotatable bonds is 5. The highest BCUT2D eigenvalue weighted by molar-refractivity contribution is 7.09. The lowest BCUT2D eigenvalue weighted by Crippen LogP contribution is -2.59. The van der Waals surface area contributed by atoms with Gasteiger partial charge in [0.05, 0.1) is 10.7 Å². The molecule has 0 aliphatic carbocycles. The van der Waals surface area contributed by atoms with Crippen LogP contribution < -0.4 is 0 Å². The number of nitrogens with zero attached hydrogens (tertiary/aromatic N) is 3. The van der Waals surface area contributed by atoms with E-state index in [1.807, 2.05) is 13.0 Å². The molecule has 1 amide bonds. The van der Waals surface area contributed by atoms with E-state index in [4.69, 9.17) is 0 Å². The number of aryl methyl sites for hydroxylation is 1. The van der Waals surface area contributed by atoms with Crippen LogP contribution in [0.5, 0.6) is 0 Å². The van der Waals surface area contributed by atoms with Crippen molar-refractivity contribution in [1.29, 1.82) is 0 Å². The molecule has 2 aliphatic rings. The first kappa shape index (κ1) is 17.7. The van der Waals surface area contributed by atoms with Crippen LogP contribution in [0.25, 0.3) is 0 Å². The van der Waals surface area contributed by atoms with Crippen molar-refractivity contribution >= 4 is 17.2 Å². The highest BCUT2D eigenvalue weighted by Crippen LogP contribution is 2.39. The molecular formula is C21H27N3OS. The number of benzene rings is 1. The van der Waals surface area contributed by atoms with Crippen molar-refractivity contribution in [1.82, 2.24) is 14.8 Å². The summed E-state index contributed by atoms with van der Waals surface area (Å²) in [7, 11) is 0. The zero-order valence-corrected chi connectivity index (χ0v) is 16.3. The molecule has 26 heavy (non-hydrogen) atoms. The molecule has 2 aliphatic heterocycles. The van der Waals surface area contributed by atoms with E-state index in [-0.39, 0.29) is 5.54 Å². The van der Waals surface area contributed by atoms with Gasteiger partial charge in [-0.3, -0.25) is 9.69 Å². The third-order valence-electron chi connectivity index (χ3n) is 5.86.